The van der Waals surface area contributed by atoms with Gasteiger partial charge in [0, 0.05) is 18.8 Å². The van der Waals surface area contributed by atoms with Crippen LogP contribution in [-0.2, 0) is 6.54 Å². The Hall–Kier alpha value is -2.10. The van der Waals surface area contributed by atoms with Crippen molar-refractivity contribution in [2.75, 3.05) is 11.9 Å². The van der Waals surface area contributed by atoms with Gasteiger partial charge in [0.15, 0.2) is 5.78 Å². The molecule has 0 saturated carbocycles. The van der Waals surface area contributed by atoms with Crippen LogP contribution in [0.15, 0.2) is 34.9 Å². The number of ketones is 1. The van der Waals surface area contributed by atoms with Crippen LogP contribution >= 0.6 is 0 Å². The fourth-order valence-electron chi connectivity index (χ4n) is 1.73. The number of aryl methyl sites for hydroxylation is 1. The van der Waals surface area contributed by atoms with Crippen LogP contribution in [0.25, 0.3) is 0 Å². The Bertz CT molecular complexity index is 560. The van der Waals surface area contributed by atoms with Crippen molar-refractivity contribution in [1.82, 2.24) is 4.98 Å². The van der Waals surface area contributed by atoms with Crippen LogP contribution in [-0.4, -0.2) is 17.8 Å². The van der Waals surface area contributed by atoms with E-state index in [1.54, 1.807) is 25.3 Å². The lowest BCUT2D eigenvalue weighted by Crippen LogP contribution is -2.17. The lowest BCUT2D eigenvalue weighted by atomic mass is 10.2. The molecule has 2 aromatic heterocycles. The van der Waals surface area contributed by atoms with Crippen molar-refractivity contribution in [3.05, 3.63) is 47.5 Å². The summed E-state index contributed by atoms with van der Waals surface area (Å²) in [6.45, 7) is 4.09. The van der Waals surface area contributed by atoms with Crippen molar-refractivity contribution >= 4 is 11.6 Å². The van der Waals surface area contributed by atoms with Crippen molar-refractivity contribution in [3.63, 3.8) is 0 Å². The van der Waals surface area contributed by atoms with E-state index in [0.29, 0.717) is 12.1 Å². The molecule has 0 aliphatic carbocycles. The zero-order valence-electron chi connectivity index (χ0n) is 10.8. The molecule has 94 valence electrons. The lowest BCUT2D eigenvalue weighted by molar-refractivity contribution is 0.101. The van der Waals surface area contributed by atoms with Gasteiger partial charge in [-0.2, -0.15) is 0 Å². The Morgan fingerprint density at radius 1 is 1.39 bits per heavy atom. The van der Waals surface area contributed by atoms with E-state index in [9.17, 15) is 4.79 Å². The van der Waals surface area contributed by atoms with Crippen molar-refractivity contribution in [3.8, 4) is 0 Å². The van der Waals surface area contributed by atoms with Crippen molar-refractivity contribution in [2.24, 2.45) is 0 Å². The van der Waals surface area contributed by atoms with E-state index in [2.05, 4.69) is 4.98 Å². The van der Waals surface area contributed by atoms with Gasteiger partial charge in [-0.05, 0) is 38.1 Å². The summed E-state index contributed by atoms with van der Waals surface area (Å²) in [5, 5.41) is 0. The summed E-state index contributed by atoms with van der Waals surface area (Å²) in [5.74, 6) is 2.58. The number of carbonyl (C=O) groups is 1. The zero-order valence-corrected chi connectivity index (χ0v) is 10.8. The van der Waals surface area contributed by atoms with Crippen LogP contribution in [0.4, 0.5) is 5.82 Å². The highest BCUT2D eigenvalue weighted by molar-refractivity contribution is 5.94. The van der Waals surface area contributed by atoms with Crippen LogP contribution in [0, 0.1) is 6.92 Å². The molecule has 4 heteroatoms. The number of aromatic nitrogens is 1. The molecule has 0 amide bonds. The van der Waals surface area contributed by atoms with Gasteiger partial charge in [0.05, 0.1) is 6.54 Å². The Labute approximate surface area is 106 Å². The second kappa shape index (κ2) is 5.04. The van der Waals surface area contributed by atoms with E-state index >= 15 is 0 Å². The average molecular weight is 244 g/mol. The minimum Gasteiger partial charge on any atom is -0.464 e. The molecule has 0 bridgehead atoms. The topological polar surface area (TPSA) is 46.3 Å². The molecule has 0 unspecified atom stereocenters. The molecule has 2 rings (SSSR count). The predicted octanol–water partition coefficient (Wildman–Crippen LogP) is 2.82. The van der Waals surface area contributed by atoms with Crippen LogP contribution < -0.4 is 4.90 Å². The molecule has 0 spiro atoms. The third-order valence-electron chi connectivity index (χ3n) is 2.73. The van der Waals surface area contributed by atoms with Crippen molar-refractivity contribution in [1.29, 1.82) is 0 Å². The molecule has 18 heavy (non-hydrogen) atoms. The minimum atomic E-state index is 0.0425. The highest BCUT2D eigenvalue weighted by atomic mass is 16.3. The molecule has 2 aromatic rings. The monoisotopic (exact) mass is 244 g/mol. The fourth-order valence-corrected chi connectivity index (χ4v) is 1.73. The molecular formula is C14H16N2O2. The maximum Gasteiger partial charge on any atom is 0.159 e. The normalized spacial score (nSPS) is 10.4. The number of hydrogen-bond acceptors (Lipinski definition) is 4. The number of hydrogen-bond donors (Lipinski definition) is 0. The minimum absolute atomic E-state index is 0.0425. The Balaban J connectivity index is 2.15. The van der Waals surface area contributed by atoms with Crippen LogP contribution in [0.2, 0.25) is 0 Å². The molecular weight excluding hydrogens is 228 g/mol. The van der Waals surface area contributed by atoms with Gasteiger partial charge in [0.2, 0.25) is 0 Å². The summed E-state index contributed by atoms with van der Waals surface area (Å²) >= 11 is 0. The van der Waals surface area contributed by atoms with Gasteiger partial charge in [-0.1, -0.05) is 0 Å². The molecule has 0 radical (unpaired) electrons. The van der Waals surface area contributed by atoms with Gasteiger partial charge in [-0.15, -0.1) is 0 Å². The Kier molecular flexibility index (Phi) is 3.46. The van der Waals surface area contributed by atoms with E-state index in [0.717, 1.165) is 17.3 Å². The molecule has 2 heterocycles. The fraction of sp³-hybridized carbons (Fsp3) is 0.286. The first-order chi connectivity index (χ1) is 8.56. The van der Waals surface area contributed by atoms with E-state index in [4.69, 9.17) is 4.42 Å². The number of anilines is 1. The van der Waals surface area contributed by atoms with Gasteiger partial charge >= 0.3 is 0 Å². The molecule has 0 saturated heterocycles. The number of furan rings is 1. The van der Waals surface area contributed by atoms with Crippen LogP contribution in [0.5, 0.6) is 0 Å². The number of carbonyl (C=O) groups excluding carboxylic acids is 1. The maximum atomic E-state index is 11.3. The van der Waals surface area contributed by atoms with E-state index in [1.807, 2.05) is 31.0 Å². The van der Waals surface area contributed by atoms with Crippen LogP contribution in [0.3, 0.4) is 0 Å². The van der Waals surface area contributed by atoms with E-state index < -0.39 is 0 Å². The summed E-state index contributed by atoms with van der Waals surface area (Å²) < 4.78 is 5.52. The van der Waals surface area contributed by atoms with Crippen LogP contribution in [0.1, 0.15) is 28.8 Å². The largest absolute Gasteiger partial charge is 0.464 e. The molecule has 0 aliphatic heterocycles. The Morgan fingerprint density at radius 3 is 2.78 bits per heavy atom. The first kappa shape index (κ1) is 12.4. The second-order valence-electron chi connectivity index (χ2n) is 4.33. The van der Waals surface area contributed by atoms with Gasteiger partial charge < -0.3 is 9.32 Å². The standard InChI is InChI=1S/C14H16N2O2/c1-10-4-5-13(18-10)9-16(3)14-8-12(11(2)17)6-7-15-14/h4-8H,9H2,1-3H3. The number of pyridine rings is 1. The first-order valence-electron chi connectivity index (χ1n) is 5.79. The highest BCUT2D eigenvalue weighted by Gasteiger charge is 2.08. The van der Waals surface area contributed by atoms with Crippen molar-refractivity contribution in [2.45, 2.75) is 20.4 Å². The van der Waals surface area contributed by atoms with E-state index in [1.165, 1.54) is 0 Å². The second-order valence-corrected chi connectivity index (χ2v) is 4.33. The summed E-state index contributed by atoms with van der Waals surface area (Å²) in [6, 6.07) is 7.39. The molecule has 0 fully saturated rings. The summed E-state index contributed by atoms with van der Waals surface area (Å²) in [5.41, 5.74) is 0.669. The van der Waals surface area contributed by atoms with Crippen molar-refractivity contribution < 1.29 is 9.21 Å². The zero-order chi connectivity index (χ0) is 13.1. The first-order valence-corrected chi connectivity index (χ1v) is 5.79. The summed E-state index contributed by atoms with van der Waals surface area (Å²) in [7, 11) is 1.92. The van der Waals surface area contributed by atoms with Gasteiger partial charge in [0.25, 0.3) is 0 Å². The number of rotatable bonds is 4. The number of Topliss-reactive ketones (excluding diaryl/α,β-unsaturated/α-hetero) is 1. The smallest absolute Gasteiger partial charge is 0.159 e. The molecule has 0 N–H and O–H groups in total. The SMILES string of the molecule is CC(=O)c1ccnc(N(C)Cc2ccc(C)o2)c1. The average Bonchev–Trinajstić information content (AvgIpc) is 2.75. The highest BCUT2D eigenvalue weighted by Crippen LogP contribution is 2.16. The third-order valence-corrected chi connectivity index (χ3v) is 2.73. The van der Waals surface area contributed by atoms with E-state index in [-0.39, 0.29) is 5.78 Å². The summed E-state index contributed by atoms with van der Waals surface area (Å²) in [6.07, 6.45) is 1.65. The van der Waals surface area contributed by atoms with Gasteiger partial charge in [-0.25, -0.2) is 4.98 Å². The molecule has 4 nitrogen and oxygen atoms in total. The third kappa shape index (κ3) is 2.77. The molecule has 0 atom stereocenters. The van der Waals surface area contributed by atoms with Gasteiger partial charge in [0.1, 0.15) is 17.3 Å². The Morgan fingerprint density at radius 2 is 2.17 bits per heavy atom. The lowest BCUT2D eigenvalue weighted by Gasteiger charge is -2.17. The quantitative estimate of drug-likeness (QED) is 0.776. The molecule has 0 aliphatic rings. The number of nitrogens with zero attached hydrogens (tertiary/aromatic N) is 2. The maximum absolute atomic E-state index is 11.3. The molecule has 0 aromatic carbocycles. The predicted molar refractivity (Wildman–Crippen MR) is 69.8 cm³/mol. The van der Waals surface area contributed by atoms with Gasteiger partial charge in [-0.3, -0.25) is 4.79 Å². The summed E-state index contributed by atoms with van der Waals surface area (Å²) in [4.78, 5) is 17.5.